The van der Waals surface area contributed by atoms with E-state index in [4.69, 9.17) is 23.4 Å². The summed E-state index contributed by atoms with van der Waals surface area (Å²) in [6.07, 6.45) is 0.149. The van der Waals surface area contributed by atoms with Crippen molar-refractivity contribution in [2.75, 3.05) is 7.11 Å². The van der Waals surface area contributed by atoms with Gasteiger partial charge in [-0.25, -0.2) is 9.59 Å². The zero-order chi connectivity index (χ0) is 16.7. The number of aromatic hydroxyl groups is 1. The number of methoxy groups -OCH3 is 1. The highest BCUT2D eigenvalue weighted by atomic mass is 16.5. The Kier molecular flexibility index (Phi) is 3.36. The van der Waals surface area contributed by atoms with Crippen molar-refractivity contribution in [3.05, 3.63) is 28.8 Å². The lowest BCUT2D eigenvalue weighted by atomic mass is 10.1. The summed E-state index contributed by atoms with van der Waals surface area (Å²) in [5.41, 5.74) is -0.676. The van der Waals surface area contributed by atoms with E-state index in [1.165, 1.54) is 26.4 Å². The first-order valence-electron chi connectivity index (χ1n) is 6.57. The molecular formula is C15H12O8. The third kappa shape index (κ3) is 2.24. The van der Waals surface area contributed by atoms with Gasteiger partial charge in [-0.1, -0.05) is 0 Å². The molecule has 3 rings (SSSR count). The first-order valence-corrected chi connectivity index (χ1v) is 6.57. The van der Waals surface area contributed by atoms with Crippen molar-refractivity contribution in [1.82, 2.24) is 0 Å². The average molecular weight is 320 g/mol. The van der Waals surface area contributed by atoms with Crippen molar-refractivity contribution in [2.24, 2.45) is 0 Å². The van der Waals surface area contributed by atoms with Crippen LogP contribution in [0.2, 0.25) is 0 Å². The maximum atomic E-state index is 11.5. The number of benzene rings is 1. The molecule has 2 N–H and O–H groups in total. The van der Waals surface area contributed by atoms with E-state index < -0.39 is 23.4 Å². The van der Waals surface area contributed by atoms with Gasteiger partial charge in [0.1, 0.15) is 16.9 Å². The quantitative estimate of drug-likeness (QED) is 0.701. The third-order valence-electron chi connectivity index (χ3n) is 3.34. The van der Waals surface area contributed by atoms with Crippen LogP contribution in [0.3, 0.4) is 0 Å². The maximum Gasteiger partial charge on any atom is 0.344 e. The number of carboxylic acid groups (broad SMARTS) is 1. The standard InChI is InChI=1S/C15H12O8/c1-6(15(18)19)22-11-7-3-4-21-12(7)14(20-2)13-10(11)8(16)5-9(17)23-13/h3-6,16H,1-2H3,(H,18,19). The monoisotopic (exact) mass is 320 g/mol. The van der Waals surface area contributed by atoms with E-state index in [2.05, 4.69) is 0 Å². The van der Waals surface area contributed by atoms with Crippen molar-refractivity contribution in [2.45, 2.75) is 13.0 Å². The summed E-state index contributed by atoms with van der Waals surface area (Å²) in [6, 6.07) is 2.40. The molecule has 1 atom stereocenters. The second-order valence-corrected chi connectivity index (χ2v) is 4.78. The number of hydrogen-bond donors (Lipinski definition) is 2. The number of fused-ring (bicyclic) bond motifs is 2. The summed E-state index contributed by atoms with van der Waals surface area (Å²) >= 11 is 0. The summed E-state index contributed by atoms with van der Waals surface area (Å²) in [4.78, 5) is 22.6. The molecule has 3 aromatic rings. The number of furan rings is 1. The zero-order valence-electron chi connectivity index (χ0n) is 12.2. The normalized spacial score (nSPS) is 12.4. The summed E-state index contributed by atoms with van der Waals surface area (Å²) < 4.78 is 21.1. The van der Waals surface area contributed by atoms with Crippen molar-refractivity contribution in [3.63, 3.8) is 0 Å². The van der Waals surface area contributed by atoms with Crippen LogP contribution in [-0.4, -0.2) is 29.4 Å². The molecule has 23 heavy (non-hydrogen) atoms. The topological polar surface area (TPSA) is 119 Å². The van der Waals surface area contributed by atoms with Crippen LogP contribution in [0.25, 0.3) is 21.9 Å². The van der Waals surface area contributed by atoms with Crippen LogP contribution in [-0.2, 0) is 4.79 Å². The maximum absolute atomic E-state index is 11.5. The third-order valence-corrected chi connectivity index (χ3v) is 3.34. The predicted molar refractivity (Wildman–Crippen MR) is 78.2 cm³/mol. The Morgan fingerprint density at radius 3 is 2.70 bits per heavy atom. The van der Waals surface area contributed by atoms with E-state index in [9.17, 15) is 14.7 Å². The molecule has 0 aliphatic carbocycles. The fraction of sp³-hybridized carbons (Fsp3) is 0.200. The van der Waals surface area contributed by atoms with Crippen LogP contribution in [0.15, 0.2) is 32.0 Å². The van der Waals surface area contributed by atoms with Crippen molar-refractivity contribution in [1.29, 1.82) is 0 Å². The lowest BCUT2D eigenvalue weighted by Gasteiger charge is -2.15. The number of carboxylic acids is 1. The van der Waals surface area contributed by atoms with Gasteiger partial charge in [0.15, 0.2) is 17.3 Å². The molecule has 1 unspecified atom stereocenters. The SMILES string of the molecule is COc1c2occc2c(OC(C)C(=O)O)c2c(O)cc(=O)oc12. The van der Waals surface area contributed by atoms with Crippen molar-refractivity contribution in [3.8, 4) is 17.2 Å². The average Bonchev–Trinajstić information content (AvgIpc) is 2.95. The Hall–Kier alpha value is -3.16. The molecule has 2 aromatic heterocycles. The molecule has 0 aliphatic heterocycles. The summed E-state index contributed by atoms with van der Waals surface area (Å²) in [6.45, 7) is 1.33. The molecule has 0 fully saturated rings. The summed E-state index contributed by atoms with van der Waals surface area (Å²) in [5, 5.41) is 19.6. The highest BCUT2D eigenvalue weighted by Gasteiger charge is 2.25. The molecule has 0 aliphatic rings. The number of aliphatic carboxylic acids is 1. The van der Waals surface area contributed by atoms with Crippen molar-refractivity contribution >= 4 is 27.9 Å². The highest BCUT2D eigenvalue weighted by Crippen LogP contribution is 2.46. The Bertz CT molecular complexity index is 965. The van der Waals surface area contributed by atoms with E-state index in [-0.39, 0.29) is 28.1 Å². The van der Waals surface area contributed by atoms with Crippen LogP contribution < -0.4 is 15.1 Å². The van der Waals surface area contributed by atoms with Gasteiger partial charge >= 0.3 is 11.6 Å². The van der Waals surface area contributed by atoms with E-state index in [1.54, 1.807) is 0 Å². The molecule has 8 heteroatoms. The van der Waals surface area contributed by atoms with Gasteiger partial charge in [-0.2, -0.15) is 0 Å². The molecular weight excluding hydrogens is 308 g/mol. The molecule has 0 saturated carbocycles. The van der Waals surface area contributed by atoms with E-state index in [0.717, 1.165) is 6.07 Å². The number of carbonyl (C=O) groups is 1. The van der Waals surface area contributed by atoms with Gasteiger partial charge in [-0.05, 0) is 13.0 Å². The summed E-state index contributed by atoms with van der Waals surface area (Å²) in [7, 11) is 1.35. The highest BCUT2D eigenvalue weighted by molar-refractivity contribution is 6.09. The van der Waals surface area contributed by atoms with E-state index in [1.807, 2.05) is 0 Å². The first-order chi connectivity index (χ1) is 10.9. The first kappa shape index (κ1) is 14.8. The molecule has 0 bridgehead atoms. The number of rotatable bonds is 4. The molecule has 1 aromatic carbocycles. The Balaban J connectivity index is 2.46. The zero-order valence-corrected chi connectivity index (χ0v) is 12.2. The van der Waals surface area contributed by atoms with Gasteiger partial charge in [-0.3, -0.25) is 0 Å². The van der Waals surface area contributed by atoms with E-state index >= 15 is 0 Å². The molecule has 0 radical (unpaired) electrons. The molecule has 8 nitrogen and oxygen atoms in total. The lowest BCUT2D eigenvalue weighted by molar-refractivity contribution is -0.144. The van der Waals surface area contributed by atoms with Gasteiger partial charge in [0.05, 0.1) is 24.8 Å². The number of ether oxygens (including phenoxy) is 2. The largest absolute Gasteiger partial charge is 0.507 e. The van der Waals surface area contributed by atoms with E-state index in [0.29, 0.717) is 5.39 Å². The minimum Gasteiger partial charge on any atom is -0.507 e. The molecule has 120 valence electrons. The minimum atomic E-state index is -1.20. The molecule has 0 spiro atoms. The van der Waals surface area contributed by atoms with Gasteiger partial charge in [0.2, 0.25) is 5.75 Å². The Morgan fingerprint density at radius 1 is 1.30 bits per heavy atom. The van der Waals surface area contributed by atoms with Crippen molar-refractivity contribution < 1.29 is 33.3 Å². The van der Waals surface area contributed by atoms with Crippen LogP contribution in [0.4, 0.5) is 0 Å². The van der Waals surface area contributed by atoms with Gasteiger partial charge in [0.25, 0.3) is 0 Å². The minimum absolute atomic E-state index is 0.0284. The van der Waals surface area contributed by atoms with Gasteiger partial charge in [-0.15, -0.1) is 0 Å². The second kappa shape index (κ2) is 5.24. The van der Waals surface area contributed by atoms with Crippen LogP contribution in [0.5, 0.6) is 17.2 Å². The number of hydrogen-bond acceptors (Lipinski definition) is 7. The second-order valence-electron chi connectivity index (χ2n) is 4.78. The van der Waals surface area contributed by atoms with Crippen LogP contribution in [0, 0.1) is 0 Å². The van der Waals surface area contributed by atoms with Gasteiger partial charge < -0.3 is 28.5 Å². The van der Waals surface area contributed by atoms with Crippen LogP contribution in [0.1, 0.15) is 6.92 Å². The summed E-state index contributed by atoms with van der Waals surface area (Å²) in [5.74, 6) is -1.48. The predicted octanol–water partition coefficient (Wildman–Crippen LogP) is 2.11. The fourth-order valence-corrected chi connectivity index (χ4v) is 2.30. The molecule has 0 saturated heterocycles. The fourth-order valence-electron chi connectivity index (χ4n) is 2.30. The smallest absolute Gasteiger partial charge is 0.344 e. The van der Waals surface area contributed by atoms with Crippen LogP contribution >= 0.6 is 0 Å². The Labute approximate surface area is 128 Å². The van der Waals surface area contributed by atoms with Gasteiger partial charge in [0, 0.05) is 0 Å². The molecule has 2 heterocycles. The lowest BCUT2D eigenvalue weighted by Crippen LogP contribution is -2.23. The Morgan fingerprint density at radius 2 is 2.04 bits per heavy atom. The molecule has 0 amide bonds.